The molecule has 0 bridgehead atoms. The molecular formula is C16H25N5OS. The smallest absolute Gasteiger partial charge is 0.126 e. The van der Waals surface area contributed by atoms with Gasteiger partial charge in [-0.15, -0.1) is 11.3 Å². The van der Waals surface area contributed by atoms with E-state index < -0.39 is 0 Å². The molecule has 7 heteroatoms. The third-order valence-corrected chi connectivity index (χ3v) is 5.26. The van der Waals surface area contributed by atoms with Crippen LogP contribution < -0.4 is 0 Å². The van der Waals surface area contributed by atoms with Crippen LogP contribution in [0.25, 0.3) is 10.6 Å². The van der Waals surface area contributed by atoms with Crippen molar-refractivity contribution in [2.24, 2.45) is 7.05 Å². The third-order valence-electron chi connectivity index (χ3n) is 4.32. The molecule has 1 fully saturated rings. The molecule has 3 heterocycles. The molecule has 0 radical (unpaired) electrons. The van der Waals surface area contributed by atoms with Gasteiger partial charge in [-0.2, -0.15) is 5.10 Å². The average Bonchev–Trinajstić information content (AvgIpc) is 3.15. The predicted octanol–water partition coefficient (Wildman–Crippen LogP) is 1.70. The predicted molar refractivity (Wildman–Crippen MR) is 92.5 cm³/mol. The zero-order valence-electron chi connectivity index (χ0n) is 14.1. The first-order chi connectivity index (χ1) is 11.2. The monoisotopic (exact) mass is 335 g/mol. The molecule has 0 saturated carbocycles. The number of rotatable bonds is 6. The Bertz CT molecular complexity index is 626. The second-order valence-electron chi connectivity index (χ2n) is 6.16. The fourth-order valence-electron chi connectivity index (χ4n) is 3.03. The molecule has 2 aromatic rings. The third kappa shape index (κ3) is 4.17. The van der Waals surface area contributed by atoms with Gasteiger partial charge in [0.1, 0.15) is 5.01 Å². The van der Waals surface area contributed by atoms with Crippen molar-refractivity contribution >= 4 is 11.3 Å². The summed E-state index contributed by atoms with van der Waals surface area (Å²) in [5.41, 5.74) is 2.26. The zero-order chi connectivity index (χ0) is 16.2. The number of ether oxygens (including phenoxy) is 1. The van der Waals surface area contributed by atoms with Crippen molar-refractivity contribution in [2.45, 2.75) is 19.5 Å². The Balaban J connectivity index is 1.55. The number of piperazine rings is 1. The van der Waals surface area contributed by atoms with Crippen molar-refractivity contribution in [3.63, 3.8) is 0 Å². The lowest BCUT2D eigenvalue weighted by molar-refractivity contribution is 0.0553. The highest BCUT2D eigenvalue weighted by atomic mass is 32.1. The standard InChI is InChI=1S/C16H25N5OS/c1-13-9-20(4-5-21(13)6-7-22-3)11-15-12-23-16(18-15)14-8-17-19(2)10-14/h8,10,12-13H,4-7,9,11H2,1-3H3/t13-/m1/s1. The number of methoxy groups -OCH3 is 1. The van der Waals surface area contributed by atoms with E-state index in [0.717, 1.165) is 55.6 Å². The van der Waals surface area contributed by atoms with Gasteiger partial charge in [0.05, 0.1) is 18.5 Å². The topological polar surface area (TPSA) is 46.4 Å². The molecule has 0 N–H and O–H groups in total. The van der Waals surface area contributed by atoms with Gasteiger partial charge in [0.25, 0.3) is 0 Å². The van der Waals surface area contributed by atoms with Crippen LogP contribution in [0.1, 0.15) is 12.6 Å². The molecule has 0 aromatic carbocycles. The molecule has 23 heavy (non-hydrogen) atoms. The summed E-state index contributed by atoms with van der Waals surface area (Å²) in [4.78, 5) is 9.77. The molecule has 0 aliphatic carbocycles. The first-order valence-corrected chi connectivity index (χ1v) is 8.92. The number of hydrogen-bond donors (Lipinski definition) is 0. The van der Waals surface area contributed by atoms with E-state index in [2.05, 4.69) is 27.2 Å². The van der Waals surface area contributed by atoms with Crippen LogP contribution in [0.5, 0.6) is 0 Å². The Morgan fingerprint density at radius 2 is 2.26 bits per heavy atom. The molecule has 0 unspecified atom stereocenters. The van der Waals surface area contributed by atoms with Crippen LogP contribution in [-0.4, -0.2) is 70.5 Å². The molecular weight excluding hydrogens is 310 g/mol. The Kier molecular flexibility index (Phi) is 5.42. The summed E-state index contributed by atoms with van der Waals surface area (Å²) in [6.45, 7) is 8.34. The minimum absolute atomic E-state index is 0.565. The van der Waals surface area contributed by atoms with E-state index in [4.69, 9.17) is 9.72 Å². The fourth-order valence-corrected chi connectivity index (χ4v) is 3.81. The van der Waals surface area contributed by atoms with E-state index in [0.29, 0.717) is 6.04 Å². The van der Waals surface area contributed by atoms with E-state index >= 15 is 0 Å². The summed E-state index contributed by atoms with van der Waals surface area (Å²) in [5.74, 6) is 0. The van der Waals surface area contributed by atoms with Crippen molar-refractivity contribution in [3.8, 4) is 10.6 Å². The summed E-state index contributed by atoms with van der Waals surface area (Å²) in [7, 11) is 3.70. The van der Waals surface area contributed by atoms with Gasteiger partial charge in [0.2, 0.25) is 0 Å². The van der Waals surface area contributed by atoms with Crippen molar-refractivity contribution in [1.82, 2.24) is 24.6 Å². The quantitative estimate of drug-likeness (QED) is 0.804. The first-order valence-electron chi connectivity index (χ1n) is 8.04. The van der Waals surface area contributed by atoms with E-state index in [1.807, 2.05) is 24.1 Å². The number of thiazole rings is 1. The molecule has 2 aromatic heterocycles. The molecule has 1 aliphatic heterocycles. The lowest BCUT2D eigenvalue weighted by Crippen LogP contribution is -2.52. The summed E-state index contributed by atoms with van der Waals surface area (Å²) in [6, 6.07) is 0.565. The molecule has 126 valence electrons. The van der Waals surface area contributed by atoms with Crippen molar-refractivity contribution in [1.29, 1.82) is 0 Å². The molecule has 6 nitrogen and oxygen atoms in total. The summed E-state index contributed by atoms with van der Waals surface area (Å²) < 4.78 is 7.01. The molecule has 3 rings (SSSR count). The zero-order valence-corrected chi connectivity index (χ0v) is 14.9. The normalized spacial score (nSPS) is 20.2. The van der Waals surface area contributed by atoms with Gasteiger partial charge in [-0.1, -0.05) is 0 Å². The fraction of sp³-hybridized carbons (Fsp3) is 0.625. The number of aryl methyl sites for hydroxylation is 1. The summed E-state index contributed by atoms with van der Waals surface area (Å²) in [5, 5.41) is 7.44. The Hall–Kier alpha value is -1.28. The molecule has 1 aliphatic rings. The maximum absolute atomic E-state index is 5.19. The average molecular weight is 335 g/mol. The lowest BCUT2D eigenvalue weighted by Gasteiger charge is -2.39. The molecule has 1 saturated heterocycles. The van der Waals surface area contributed by atoms with Crippen LogP contribution >= 0.6 is 11.3 Å². The van der Waals surface area contributed by atoms with Crippen LogP contribution in [0.2, 0.25) is 0 Å². The van der Waals surface area contributed by atoms with Gasteiger partial charge in [0.15, 0.2) is 0 Å². The van der Waals surface area contributed by atoms with Crippen molar-refractivity contribution in [3.05, 3.63) is 23.5 Å². The highest BCUT2D eigenvalue weighted by Gasteiger charge is 2.23. The second-order valence-corrected chi connectivity index (χ2v) is 7.02. The van der Waals surface area contributed by atoms with Crippen LogP contribution in [0.3, 0.4) is 0 Å². The number of nitrogens with zero attached hydrogens (tertiary/aromatic N) is 5. The molecule has 1 atom stereocenters. The minimum atomic E-state index is 0.565. The molecule has 0 spiro atoms. The Labute approximate surface area is 141 Å². The highest BCUT2D eigenvalue weighted by Crippen LogP contribution is 2.24. The minimum Gasteiger partial charge on any atom is -0.383 e. The number of aromatic nitrogens is 3. The van der Waals surface area contributed by atoms with Gasteiger partial charge in [-0.25, -0.2) is 4.98 Å². The first kappa shape index (κ1) is 16.6. The maximum Gasteiger partial charge on any atom is 0.126 e. The van der Waals surface area contributed by atoms with Gasteiger partial charge >= 0.3 is 0 Å². The van der Waals surface area contributed by atoms with Crippen molar-refractivity contribution in [2.75, 3.05) is 39.9 Å². The van der Waals surface area contributed by atoms with Crippen LogP contribution in [0.15, 0.2) is 17.8 Å². The van der Waals surface area contributed by atoms with E-state index in [9.17, 15) is 0 Å². The van der Waals surface area contributed by atoms with Crippen LogP contribution in [0.4, 0.5) is 0 Å². The summed E-state index contributed by atoms with van der Waals surface area (Å²) in [6.07, 6.45) is 3.89. The Morgan fingerprint density at radius 3 is 2.96 bits per heavy atom. The highest BCUT2D eigenvalue weighted by molar-refractivity contribution is 7.13. The van der Waals surface area contributed by atoms with E-state index in [-0.39, 0.29) is 0 Å². The van der Waals surface area contributed by atoms with Gasteiger partial charge < -0.3 is 4.74 Å². The Morgan fingerprint density at radius 1 is 1.39 bits per heavy atom. The van der Waals surface area contributed by atoms with Crippen molar-refractivity contribution < 1.29 is 4.74 Å². The van der Waals surface area contributed by atoms with Crippen LogP contribution in [-0.2, 0) is 18.3 Å². The largest absolute Gasteiger partial charge is 0.383 e. The van der Waals surface area contributed by atoms with Crippen LogP contribution in [0, 0.1) is 0 Å². The van der Waals surface area contributed by atoms with Gasteiger partial charge in [-0.3, -0.25) is 14.5 Å². The lowest BCUT2D eigenvalue weighted by atomic mass is 10.2. The molecule has 0 amide bonds. The SMILES string of the molecule is COCCN1CCN(Cc2csc(-c3cnn(C)c3)n2)C[C@H]1C. The van der Waals surface area contributed by atoms with Gasteiger partial charge in [-0.05, 0) is 6.92 Å². The number of hydrogen-bond acceptors (Lipinski definition) is 6. The second kappa shape index (κ2) is 7.53. The van der Waals surface area contributed by atoms with E-state index in [1.165, 1.54) is 0 Å². The summed E-state index contributed by atoms with van der Waals surface area (Å²) >= 11 is 1.70. The van der Waals surface area contributed by atoms with Gasteiger partial charge in [0, 0.05) is 70.1 Å². The maximum atomic E-state index is 5.19. The van der Waals surface area contributed by atoms with E-state index in [1.54, 1.807) is 18.4 Å².